The zero-order valence-corrected chi connectivity index (χ0v) is 10.8. The summed E-state index contributed by atoms with van der Waals surface area (Å²) in [5.74, 6) is 1.06. The molecule has 1 aliphatic rings. The third kappa shape index (κ3) is 3.41. The first-order valence-electron chi connectivity index (χ1n) is 5.72. The summed E-state index contributed by atoms with van der Waals surface area (Å²) in [6.07, 6.45) is 10.2. The van der Waals surface area contributed by atoms with E-state index in [2.05, 4.69) is 45.6 Å². The van der Waals surface area contributed by atoms with E-state index >= 15 is 0 Å². The fourth-order valence-corrected chi connectivity index (χ4v) is 1.78. The zero-order chi connectivity index (χ0) is 12.2. The summed E-state index contributed by atoms with van der Waals surface area (Å²) in [4.78, 5) is 0. The Bertz CT molecular complexity index is 348. The van der Waals surface area contributed by atoms with Crippen LogP contribution in [0.2, 0.25) is 0 Å². The summed E-state index contributed by atoms with van der Waals surface area (Å²) in [7, 11) is 1.73. The van der Waals surface area contributed by atoms with Crippen LogP contribution in [0.4, 0.5) is 0 Å². The number of hydrogen-bond acceptors (Lipinski definition) is 1. The van der Waals surface area contributed by atoms with Crippen molar-refractivity contribution in [2.24, 2.45) is 5.41 Å². The fourth-order valence-electron chi connectivity index (χ4n) is 1.78. The predicted molar refractivity (Wildman–Crippen MR) is 70.1 cm³/mol. The number of hydrogen-bond donors (Lipinski definition) is 0. The van der Waals surface area contributed by atoms with Crippen molar-refractivity contribution in [2.45, 2.75) is 33.6 Å². The maximum atomic E-state index is 5.24. The molecule has 0 unspecified atom stereocenters. The Morgan fingerprint density at radius 2 is 2.12 bits per heavy atom. The van der Waals surface area contributed by atoms with E-state index in [1.165, 1.54) is 11.1 Å². The summed E-state index contributed by atoms with van der Waals surface area (Å²) in [5, 5.41) is 0. The van der Waals surface area contributed by atoms with Crippen LogP contribution >= 0.6 is 0 Å². The summed E-state index contributed by atoms with van der Waals surface area (Å²) < 4.78 is 5.24. The van der Waals surface area contributed by atoms with Gasteiger partial charge in [0, 0.05) is 6.42 Å². The minimum absolute atomic E-state index is 0.199. The first-order valence-corrected chi connectivity index (χ1v) is 5.72. The lowest BCUT2D eigenvalue weighted by molar-refractivity contribution is 0.285. The van der Waals surface area contributed by atoms with E-state index in [-0.39, 0.29) is 5.41 Å². The Kier molecular flexibility index (Phi) is 4.17. The largest absolute Gasteiger partial charge is 0.501 e. The predicted octanol–water partition coefficient (Wildman–Crippen LogP) is 4.40. The topological polar surface area (TPSA) is 9.23 Å². The van der Waals surface area contributed by atoms with Crippen molar-refractivity contribution in [3.8, 4) is 0 Å². The standard InChI is InChI=1S/C15H22O/c1-6-7-13(15(2,3)4)10-12-8-9-14(11-12)16-5/h6-9H,1,10-11H2,2-5H3/b13-7+. The maximum absolute atomic E-state index is 5.24. The van der Waals surface area contributed by atoms with Crippen molar-refractivity contribution in [3.05, 3.63) is 47.8 Å². The van der Waals surface area contributed by atoms with E-state index < -0.39 is 0 Å². The molecule has 0 aromatic rings. The third-order valence-electron chi connectivity index (χ3n) is 2.87. The SMILES string of the molecule is C=C/C=C(\CC1=CC=C(OC)C1)C(C)(C)C. The molecule has 0 N–H and O–H groups in total. The van der Waals surface area contributed by atoms with Crippen LogP contribution in [-0.4, -0.2) is 7.11 Å². The van der Waals surface area contributed by atoms with Gasteiger partial charge < -0.3 is 4.74 Å². The number of ether oxygens (including phenoxy) is 1. The summed E-state index contributed by atoms with van der Waals surface area (Å²) in [5.41, 5.74) is 3.03. The smallest absolute Gasteiger partial charge is 0.0996 e. The quantitative estimate of drug-likeness (QED) is 0.636. The van der Waals surface area contributed by atoms with E-state index in [9.17, 15) is 0 Å². The molecule has 0 radical (unpaired) electrons. The van der Waals surface area contributed by atoms with Crippen LogP contribution in [0.5, 0.6) is 0 Å². The molecule has 16 heavy (non-hydrogen) atoms. The van der Waals surface area contributed by atoms with Crippen LogP contribution in [0.1, 0.15) is 33.6 Å². The molecule has 0 aliphatic heterocycles. The van der Waals surface area contributed by atoms with Crippen LogP contribution in [0.25, 0.3) is 0 Å². The van der Waals surface area contributed by atoms with Gasteiger partial charge in [-0.25, -0.2) is 0 Å². The Balaban J connectivity index is 2.67. The molecular weight excluding hydrogens is 196 g/mol. The monoisotopic (exact) mass is 218 g/mol. The molecule has 0 saturated heterocycles. The Labute approximate surface area is 99.2 Å². The molecular formula is C15H22O. The summed E-state index contributed by atoms with van der Waals surface area (Å²) in [6.45, 7) is 10.5. The second-order valence-electron chi connectivity index (χ2n) is 5.19. The van der Waals surface area contributed by atoms with Gasteiger partial charge in [-0.05, 0) is 17.9 Å². The van der Waals surface area contributed by atoms with Gasteiger partial charge in [0.2, 0.25) is 0 Å². The minimum atomic E-state index is 0.199. The second kappa shape index (κ2) is 5.20. The lowest BCUT2D eigenvalue weighted by atomic mass is 9.82. The van der Waals surface area contributed by atoms with Gasteiger partial charge in [-0.2, -0.15) is 0 Å². The van der Waals surface area contributed by atoms with Gasteiger partial charge in [-0.3, -0.25) is 0 Å². The van der Waals surface area contributed by atoms with Gasteiger partial charge in [0.05, 0.1) is 12.9 Å². The molecule has 0 amide bonds. The molecule has 88 valence electrons. The number of allylic oxidation sites excluding steroid dienone is 6. The van der Waals surface area contributed by atoms with Gasteiger partial charge in [0.15, 0.2) is 0 Å². The van der Waals surface area contributed by atoms with Crippen molar-refractivity contribution >= 4 is 0 Å². The van der Waals surface area contributed by atoms with Gasteiger partial charge in [-0.15, -0.1) is 0 Å². The van der Waals surface area contributed by atoms with Crippen LogP contribution < -0.4 is 0 Å². The molecule has 0 aromatic heterocycles. The molecule has 0 bridgehead atoms. The molecule has 1 aliphatic carbocycles. The molecule has 0 heterocycles. The van der Waals surface area contributed by atoms with E-state index in [1.807, 2.05) is 6.08 Å². The zero-order valence-electron chi connectivity index (χ0n) is 10.8. The van der Waals surface area contributed by atoms with Crippen LogP contribution in [0, 0.1) is 5.41 Å². The van der Waals surface area contributed by atoms with E-state index in [0.29, 0.717) is 0 Å². The molecule has 1 rings (SSSR count). The average Bonchev–Trinajstić information content (AvgIpc) is 2.63. The Morgan fingerprint density at radius 1 is 1.44 bits per heavy atom. The second-order valence-corrected chi connectivity index (χ2v) is 5.19. The highest BCUT2D eigenvalue weighted by Gasteiger charge is 2.19. The highest BCUT2D eigenvalue weighted by molar-refractivity contribution is 5.33. The third-order valence-corrected chi connectivity index (χ3v) is 2.87. The average molecular weight is 218 g/mol. The van der Waals surface area contributed by atoms with Crippen molar-refractivity contribution in [2.75, 3.05) is 7.11 Å². The van der Waals surface area contributed by atoms with E-state index in [1.54, 1.807) is 7.11 Å². The highest BCUT2D eigenvalue weighted by atomic mass is 16.5. The summed E-state index contributed by atoms with van der Waals surface area (Å²) >= 11 is 0. The molecule has 0 atom stereocenters. The van der Waals surface area contributed by atoms with Crippen molar-refractivity contribution in [1.82, 2.24) is 0 Å². The fraction of sp³-hybridized carbons (Fsp3) is 0.467. The first kappa shape index (κ1) is 12.8. The van der Waals surface area contributed by atoms with Crippen LogP contribution in [-0.2, 0) is 4.74 Å². The molecule has 1 heteroatoms. The van der Waals surface area contributed by atoms with Crippen LogP contribution in [0.3, 0.4) is 0 Å². The van der Waals surface area contributed by atoms with Crippen molar-refractivity contribution < 1.29 is 4.74 Å². The van der Waals surface area contributed by atoms with Crippen LogP contribution in [0.15, 0.2) is 47.8 Å². The molecule has 1 nitrogen and oxygen atoms in total. The van der Waals surface area contributed by atoms with Gasteiger partial charge >= 0.3 is 0 Å². The van der Waals surface area contributed by atoms with Gasteiger partial charge in [0.25, 0.3) is 0 Å². The lowest BCUT2D eigenvalue weighted by Crippen LogP contribution is -2.10. The summed E-state index contributed by atoms with van der Waals surface area (Å²) in [6, 6.07) is 0. The van der Waals surface area contributed by atoms with E-state index in [0.717, 1.165) is 18.6 Å². The van der Waals surface area contributed by atoms with Crippen molar-refractivity contribution in [3.63, 3.8) is 0 Å². The molecule has 0 aromatic carbocycles. The number of rotatable bonds is 4. The van der Waals surface area contributed by atoms with Gasteiger partial charge in [-0.1, -0.05) is 56.7 Å². The highest BCUT2D eigenvalue weighted by Crippen LogP contribution is 2.34. The number of methoxy groups -OCH3 is 1. The van der Waals surface area contributed by atoms with Gasteiger partial charge in [0.1, 0.15) is 0 Å². The van der Waals surface area contributed by atoms with E-state index in [4.69, 9.17) is 4.74 Å². The lowest BCUT2D eigenvalue weighted by Gasteiger charge is -2.23. The minimum Gasteiger partial charge on any atom is -0.501 e. The van der Waals surface area contributed by atoms with Crippen molar-refractivity contribution in [1.29, 1.82) is 0 Å². The Hall–Kier alpha value is -1.24. The molecule has 0 spiro atoms. The molecule has 0 saturated carbocycles. The normalized spacial score (nSPS) is 16.9. The maximum Gasteiger partial charge on any atom is 0.0996 e. The Morgan fingerprint density at radius 3 is 2.56 bits per heavy atom. The first-order chi connectivity index (χ1) is 7.47. The molecule has 0 fully saturated rings.